The topological polar surface area (TPSA) is 42.1 Å². The number of pyridine rings is 1. The molecule has 2 aliphatic rings. The second-order valence-electron chi connectivity index (χ2n) is 6.45. The molecule has 0 spiro atoms. The number of hydrogen-bond donors (Lipinski definition) is 1. The van der Waals surface area contributed by atoms with Gasteiger partial charge in [-0.1, -0.05) is 19.4 Å². The predicted octanol–water partition coefficient (Wildman–Crippen LogP) is 3.13. The van der Waals surface area contributed by atoms with Crippen molar-refractivity contribution in [1.82, 2.24) is 4.98 Å². The van der Waals surface area contributed by atoms with E-state index in [1.54, 1.807) is 0 Å². The molecule has 2 heterocycles. The van der Waals surface area contributed by atoms with Crippen LogP contribution in [0.25, 0.3) is 0 Å². The molecular weight excluding hydrogens is 246 g/mol. The third-order valence-electron chi connectivity index (χ3n) is 5.14. The van der Waals surface area contributed by atoms with Crippen LogP contribution in [0.3, 0.4) is 0 Å². The predicted molar refractivity (Wildman–Crippen MR) is 83.9 cm³/mol. The number of hydrogen-bond acceptors (Lipinski definition) is 3. The molecule has 110 valence electrons. The Morgan fingerprint density at radius 3 is 3.05 bits per heavy atom. The van der Waals surface area contributed by atoms with Crippen molar-refractivity contribution in [2.75, 3.05) is 11.4 Å². The van der Waals surface area contributed by atoms with Crippen LogP contribution in [0.4, 0.5) is 5.82 Å². The minimum absolute atomic E-state index is 0.252. The summed E-state index contributed by atoms with van der Waals surface area (Å²) in [5.41, 5.74) is 7.51. The molecule has 20 heavy (non-hydrogen) atoms. The fourth-order valence-corrected chi connectivity index (χ4v) is 3.99. The van der Waals surface area contributed by atoms with Gasteiger partial charge in [0.05, 0.1) is 0 Å². The van der Waals surface area contributed by atoms with Gasteiger partial charge in [-0.2, -0.15) is 0 Å². The average molecular weight is 273 g/mol. The van der Waals surface area contributed by atoms with E-state index in [1.165, 1.54) is 50.0 Å². The van der Waals surface area contributed by atoms with Crippen LogP contribution in [-0.2, 0) is 6.42 Å². The first kappa shape index (κ1) is 13.9. The van der Waals surface area contributed by atoms with E-state index in [0.717, 1.165) is 24.8 Å². The first-order chi connectivity index (χ1) is 9.79. The molecule has 1 saturated heterocycles. The lowest BCUT2D eigenvalue weighted by Crippen LogP contribution is -2.43. The van der Waals surface area contributed by atoms with Gasteiger partial charge in [0.15, 0.2) is 0 Å². The lowest BCUT2D eigenvalue weighted by atomic mass is 9.91. The molecule has 1 aromatic heterocycles. The monoisotopic (exact) mass is 273 g/mol. The molecule has 2 fully saturated rings. The van der Waals surface area contributed by atoms with Gasteiger partial charge in [-0.25, -0.2) is 4.98 Å². The zero-order valence-corrected chi connectivity index (χ0v) is 12.6. The normalized spacial score (nSPS) is 27.4. The summed E-state index contributed by atoms with van der Waals surface area (Å²) in [4.78, 5) is 7.32. The molecule has 0 bridgehead atoms. The highest BCUT2D eigenvalue weighted by Gasteiger charge is 2.36. The maximum atomic E-state index is 6.16. The van der Waals surface area contributed by atoms with E-state index in [0.29, 0.717) is 0 Å². The van der Waals surface area contributed by atoms with Gasteiger partial charge >= 0.3 is 0 Å². The number of nitrogens with two attached hydrogens (primary N) is 1. The molecule has 3 rings (SSSR count). The summed E-state index contributed by atoms with van der Waals surface area (Å²) in [6.45, 7) is 3.33. The molecule has 2 N–H and O–H groups in total. The van der Waals surface area contributed by atoms with E-state index < -0.39 is 0 Å². The summed E-state index contributed by atoms with van der Waals surface area (Å²) < 4.78 is 0. The highest BCUT2D eigenvalue weighted by molar-refractivity contribution is 5.49. The Bertz CT molecular complexity index is 446. The molecule has 3 heteroatoms. The first-order valence-corrected chi connectivity index (χ1v) is 8.25. The third kappa shape index (κ3) is 2.69. The van der Waals surface area contributed by atoms with Gasteiger partial charge in [0, 0.05) is 24.8 Å². The van der Waals surface area contributed by atoms with Crippen LogP contribution < -0.4 is 10.6 Å². The lowest BCUT2D eigenvalue weighted by molar-refractivity contribution is 0.360. The van der Waals surface area contributed by atoms with Crippen molar-refractivity contribution in [1.29, 1.82) is 0 Å². The van der Waals surface area contributed by atoms with E-state index in [2.05, 4.69) is 24.0 Å². The number of anilines is 1. The molecule has 1 saturated carbocycles. The van der Waals surface area contributed by atoms with E-state index in [-0.39, 0.29) is 6.04 Å². The zero-order chi connectivity index (χ0) is 13.9. The highest BCUT2D eigenvalue weighted by atomic mass is 15.2. The van der Waals surface area contributed by atoms with Gasteiger partial charge in [-0.05, 0) is 56.1 Å². The standard InChI is InChI=1S/C17H27N3/c1-2-15(18)12-14-7-4-10-19-17(14)20-11-5-8-13-6-3-9-16(13)20/h4,7,10,13,15-16H,2-3,5-6,8-9,11-12,18H2,1H3. The Kier molecular flexibility index (Phi) is 4.25. The fraction of sp³-hybridized carbons (Fsp3) is 0.706. The summed E-state index contributed by atoms with van der Waals surface area (Å²) in [5, 5.41) is 0. The molecule has 1 aromatic rings. The first-order valence-electron chi connectivity index (χ1n) is 8.25. The summed E-state index contributed by atoms with van der Waals surface area (Å²) >= 11 is 0. The SMILES string of the molecule is CCC(N)Cc1cccnc1N1CCCC2CCCC21. The number of fused-ring (bicyclic) bond motifs is 1. The van der Waals surface area contributed by atoms with Crippen LogP contribution in [0, 0.1) is 5.92 Å². The molecule has 3 unspecified atom stereocenters. The second kappa shape index (κ2) is 6.13. The second-order valence-corrected chi connectivity index (χ2v) is 6.45. The largest absolute Gasteiger partial charge is 0.353 e. The Balaban J connectivity index is 1.85. The van der Waals surface area contributed by atoms with Crippen LogP contribution in [0.5, 0.6) is 0 Å². The number of piperidine rings is 1. The number of nitrogens with zero attached hydrogens (tertiary/aromatic N) is 2. The molecule has 0 aromatic carbocycles. The van der Waals surface area contributed by atoms with Crippen molar-refractivity contribution in [3.05, 3.63) is 23.9 Å². The van der Waals surface area contributed by atoms with Gasteiger partial charge in [-0.15, -0.1) is 0 Å². The molecular formula is C17H27N3. The van der Waals surface area contributed by atoms with Crippen molar-refractivity contribution < 1.29 is 0 Å². The van der Waals surface area contributed by atoms with Crippen molar-refractivity contribution in [2.45, 2.75) is 64.0 Å². The van der Waals surface area contributed by atoms with Crippen molar-refractivity contribution in [3.8, 4) is 0 Å². The average Bonchev–Trinajstić information content (AvgIpc) is 2.96. The Morgan fingerprint density at radius 2 is 2.20 bits per heavy atom. The van der Waals surface area contributed by atoms with Crippen LogP contribution >= 0.6 is 0 Å². The lowest BCUT2D eigenvalue weighted by Gasteiger charge is -2.39. The van der Waals surface area contributed by atoms with Crippen LogP contribution in [0.1, 0.15) is 51.0 Å². The zero-order valence-electron chi connectivity index (χ0n) is 12.6. The van der Waals surface area contributed by atoms with E-state index in [4.69, 9.17) is 10.7 Å². The fourth-order valence-electron chi connectivity index (χ4n) is 3.99. The summed E-state index contributed by atoms with van der Waals surface area (Å²) in [5.74, 6) is 2.12. The van der Waals surface area contributed by atoms with E-state index in [1.807, 2.05) is 6.20 Å². The van der Waals surface area contributed by atoms with Crippen LogP contribution in [0.2, 0.25) is 0 Å². The maximum Gasteiger partial charge on any atom is 0.132 e. The van der Waals surface area contributed by atoms with Crippen molar-refractivity contribution in [2.24, 2.45) is 11.7 Å². The molecule has 3 atom stereocenters. The van der Waals surface area contributed by atoms with E-state index in [9.17, 15) is 0 Å². The quantitative estimate of drug-likeness (QED) is 0.916. The molecule has 1 aliphatic heterocycles. The summed E-state index contributed by atoms with van der Waals surface area (Å²) in [6, 6.07) is 5.26. The van der Waals surface area contributed by atoms with Gasteiger partial charge in [0.1, 0.15) is 5.82 Å². The summed E-state index contributed by atoms with van der Waals surface area (Å²) in [7, 11) is 0. The van der Waals surface area contributed by atoms with Crippen molar-refractivity contribution >= 4 is 5.82 Å². The van der Waals surface area contributed by atoms with Crippen LogP contribution in [-0.4, -0.2) is 23.6 Å². The van der Waals surface area contributed by atoms with Crippen molar-refractivity contribution in [3.63, 3.8) is 0 Å². The molecule has 3 nitrogen and oxygen atoms in total. The Labute approximate surface area is 122 Å². The summed E-state index contributed by atoms with van der Waals surface area (Å²) in [6.07, 6.45) is 10.8. The minimum Gasteiger partial charge on any atom is -0.353 e. The number of rotatable bonds is 4. The maximum absolute atomic E-state index is 6.16. The third-order valence-corrected chi connectivity index (χ3v) is 5.14. The van der Waals surface area contributed by atoms with E-state index >= 15 is 0 Å². The smallest absolute Gasteiger partial charge is 0.132 e. The van der Waals surface area contributed by atoms with Gasteiger partial charge in [0.2, 0.25) is 0 Å². The van der Waals surface area contributed by atoms with Gasteiger partial charge < -0.3 is 10.6 Å². The highest BCUT2D eigenvalue weighted by Crippen LogP contribution is 2.39. The number of aromatic nitrogens is 1. The molecule has 0 radical (unpaired) electrons. The Hall–Kier alpha value is -1.09. The Morgan fingerprint density at radius 1 is 1.35 bits per heavy atom. The molecule has 0 amide bonds. The van der Waals surface area contributed by atoms with Crippen LogP contribution in [0.15, 0.2) is 18.3 Å². The molecule has 1 aliphatic carbocycles. The van der Waals surface area contributed by atoms with Gasteiger partial charge in [0.25, 0.3) is 0 Å². The van der Waals surface area contributed by atoms with Gasteiger partial charge in [-0.3, -0.25) is 0 Å². The minimum atomic E-state index is 0.252.